The Morgan fingerprint density at radius 1 is 1.38 bits per heavy atom. The molecule has 0 saturated heterocycles. The first-order chi connectivity index (χ1) is 9.90. The average Bonchev–Trinajstić information content (AvgIpc) is 2.83. The molecule has 5 nitrogen and oxygen atoms in total. The molecular formula is C15H17N3O2S. The van der Waals surface area contributed by atoms with Gasteiger partial charge in [0.2, 0.25) is 0 Å². The molecule has 0 amide bonds. The lowest BCUT2D eigenvalue weighted by Crippen LogP contribution is -2.34. The number of carbonyl (C=O) groups is 1. The third-order valence-electron chi connectivity index (χ3n) is 3.75. The Kier molecular flexibility index (Phi) is 3.28. The van der Waals surface area contributed by atoms with Crippen molar-refractivity contribution < 1.29 is 9.90 Å². The van der Waals surface area contributed by atoms with Crippen LogP contribution in [0.15, 0.2) is 29.4 Å². The number of aliphatic carboxylic acids is 1. The minimum atomic E-state index is -0.841. The highest BCUT2D eigenvalue weighted by molar-refractivity contribution is 8.00. The molecule has 6 heteroatoms. The van der Waals surface area contributed by atoms with Gasteiger partial charge in [0.05, 0.1) is 0 Å². The van der Waals surface area contributed by atoms with E-state index in [1.54, 1.807) is 6.92 Å². The fraction of sp³-hybridized carbons (Fsp3) is 0.400. The number of nitrogens with zero attached hydrogens (tertiary/aromatic N) is 3. The summed E-state index contributed by atoms with van der Waals surface area (Å²) >= 11 is 1.24. The smallest absolute Gasteiger partial charge is 0.316 e. The van der Waals surface area contributed by atoms with E-state index < -0.39 is 11.2 Å². The third-order valence-corrected chi connectivity index (χ3v) is 4.78. The Bertz CT molecular complexity index is 709. The lowest BCUT2D eigenvalue weighted by atomic mass is 9.87. The normalized spacial score (nSPS) is 16.9. The largest absolute Gasteiger partial charge is 0.480 e. The van der Waals surface area contributed by atoms with Crippen molar-refractivity contribution >= 4 is 17.7 Å². The van der Waals surface area contributed by atoms with E-state index in [0.29, 0.717) is 5.16 Å². The number of carboxylic acids is 1. The quantitative estimate of drug-likeness (QED) is 0.883. The van der Waals surface area contributed by atoms with Crippen LogP contribution in [-0.2, 0) is 16.8 Å². The third kappa shape index (κ3) is 2.33. The second-order valence-corrected chi connectivity index (χ2v) is 7.19. The second kappa shape index (κ2) is 4.87. The molecule has 2 heterocycles. The van der Waals surface area contributed by atoms with Crippen LogP contribution in [0.4, 0.5) is 0 Å². The van der Waals surface area contributed by atoms with E-state index in [9.17, 15) is 4.79 Å². The summed E-state index contributed by atoms with van der Waals surface area (Å²) in [5.41, 5.74) is 2.16. The first kappa shape index (κ1) is 14.1. The van der Waals surface area contributed by atoms with Crippen LogP contribution in [0, 0.1) is 0 Å². The molecule has 1 aromatic heterocycles. The molecular weight excluding hydrogens is 286 g/mol. The molecule has 1 aliphatic rings. The molecule has 21 heavy (non-hydrogen) atoms. The number of thioether (sulfide) groups is 1. The Morgan fingerprint density at radius 3 is 2.81 bits per heavy atom. The number of benzene rings is 1. The maximum absolute atomic E-state index is 11.1. The maximum atomic E-state index is 11.1. The number of rotatable bonds is 3. The molecule has 1 unspecified atom stereocenters. The minimum Gasteiger partial charge on any atom is -0.480 e. The molecule has 0 spiro atoms. The van der Waals surface area contributed by atoms with E-state index in [2.05, 4.69) is 34.7 Å². The predicted molar refractivity (Wildman–Crippen MR) is 81.4 cm³/mol. The first-order valence-corrected chi connectivity index (χ1v) is 7.72. The van der Waals surface area contributed by atoms with E-state index in [0.717, 1.165) is 17.8 Å². The highest BCUT2D eigenvalue weighted by atomic mass is 32.2. The van der Waals surface area contributed by atoms with E-state index in [4.69, 9.17) is 5.11 Å². The summed E-state index contributed by atoms with van der Waals surface area (Å²) in [6.45, 7) is 5.93. The number of hydrogen-bond donors (Lipinski definition) is 1. The Morgan fingerprint density at radius 2 is 2.10 bits per heavy atom. The molecule has 1 atom stereocenters. The lowest BCUT2D eigenvalue weighted by Gasteiger charge is -2.34. The van der Waals surface area contributed by atoms with Crippen LogP contribution in [0.2, 0.25) is 0 Å². The van der Waals surface area contributed by atoms with Crippen LogP contribution < -0.4 is 0 Å². The maximum Gasteiger partial charge on any atom is 0.316 e. The van der Waals surface area contributed by atoms with Gasteiger partial charge >= 0.3 is 5.97 Å². The zero-order valence-electron chi connectivity index (χ0n) is 12.2. The monoisotopic (exact) mass is 303 g/mol. The number of hydrogen-bond acceptors (Lipinski definition) is 4. The van der Waals surface area contributed by atoms with E-state index in [-0.39, 0.29) is 5.54 Å². The highest BCUT2D eigenvalue weighted by Crippen LogP contribution is 2.40. The van der Waals surface area contributed by atoms with Crippen LogP contribution in [0.3, 0.4) is 0 Å². The van der Waals surface area contributed by atoms with Gasteiger partial charge < -0.3 is 5.11 Å². The molecule has 110 valence electrons. The molecule has 3 rings (SSSR count). The van der Waals surface area contributed by atoms with Gasteiger partial charge in [0, 0.05) is 11.1 Å². The van der Waals surface area contributed by atoms with Crippen molar-refractivity contribution in [1.82, 2.24) is 14.8 Å². The van der Waals surface area contributed by atoms with Crippen LogP contribution in [-0.4, -0.2) is 31.1 Å². The summed E-state index contributed by atoms with van der Waals surface area (Å²) in [5.74, 6) is -0.0201. The van der Waals surface area contributed by atoms with E-state index in [1.165, 1.54) is 17.3 Å². The van der Waals surface area contributed by atoms with Gasteiger partial charge in [0.15, 0.2) is 11.0 Å². The Hall–Kier alpha value is -1.82. The van der Waals surface area contributed by atoms with Crippen LogP contribution >= 0.6 is 11.8 Å². The Balaban J connectivity index is 2.10. The molecule has 2 aromatic rings. The van der Waals surface area contributed by atoms with Crippen molar-refractivity contribution in [2.45, 2.75) is 43.1 Å². The van der Waals surface area contributed by atoms with Gasteiger partial charge in [0.25, 0.3) is 0 Å². The van der Waals surface area contributed by atoms with Gasteiger partial charge in [-0.15, -0.1) is 10.2 Å². The predicted octanol–water partition coefficient (Wildman–Crippen LogP) is 2.80. The standard InChI is InChI=1S/C15H17N3O2S/c1-9(13(19)20)21-14-17-16-12-11-7-5-4-6-10(11)8-15(2,3)18(12)14/h4-7,9H,8H2,1-3H3,(H,19,20). The van der Waals surface area contributed by atoms with Gasteiger partial charge in [-0.05, 0) is 32.8 Å². The van der Waals surface area contributed by atoms with Gasteiger partial charge in [-0.1, -0.05) is 36.0 Å². The topological polar surface area (TPSA) is 68.0 Å². The van der Waals surface area contributed by atoms with Gasteiger partial charge in [-0.3, -0.25) is 9.36 Å². The first-order valence-electron chi connectivity index (χ1n) is 6.84. The van der Waals surface area contributed by atoms with Crippen LogP contribution in [0.5, 0.6) is 0 Å². The molecule has 0 aliphatic carbocycles. The molecule has 0 radical (unpaired) electrons. The van der Waals surface area contributed by atoms with Crippen molar-refractivity contribution in [3.05, 3.63) is 29.8 Å². The summed E-state index contributed by atoms with van der Waals surface area (Å²) < 4.78 is 2.07. The van der Waals surface area contributed by atoms with Crippen LogP contribution in [0.1, 0.15) is 26.3 Å². The van der Waals surface area contributed by atoms with Gasteiger partial charge in [-0.25, -0.2) is 0 Å². The summed E-state index contributed by atoms with van der Waals surface area (Å²) in [5, 5.41) is 17.7. The fourth-order valence-corrected chi connectivity index (χ4v) is 3.66. The number of fused-ring (bicyclic) bond motifs is 3. The molecule has 0 bridgehead atoms. The van der Waals surface area contributed by atoms with Crippen molar-refractivity contribution in [2.24, 2.45) is 0 Å². The molecule has 1 N–H and O–H groups in total. The molecule has 1 aromatic carbocycles. The summed E-state index contributed by atoms with van der Waals surface area (Å²) in [6, 6.07) is 8.17. The van der Waals surface area contributed by atoms with Crippen molar-refractivity contribution in [3.8, 4) is 11.4 Å². The summed E-state index contributed by atoms with van der Waals surface area (Å²) in [7, 11) is 0. The van der Waals surface area contributed by atoms with Crippen molar-refractivity contribution in [1.29, 1.82) is 0 Å². The zero-order valence-corrected chi connectivity index (χ0v) is 13.0. The number of carboxylic acid groups (broad SMARTS) is 1. The second-order valence-electron chi connectivity index (χ2n) is 5.89. The molecule has 0 fully saturated rings. The van der Waals surface area contributed by atoms with Crippen molar-refractivity contribution in [2.75, 3.05) is 0 Å². The van der Waals surface area contributed by atoms with Gasteiger partial charge in [-0.2, -0.15) is 0 Å². The van der Waals surface area contributed by atoms with Crippen LogP contribution in [0.25, 0.3) is 11.4 Å². The van der Waals surface area contributed by atoms with E-state index >= 15 is 0 Å². The average molecular weight is 303 g/mol. The minimum absolute atomic E-state index is 0.173. The summed E-state index contributed by atoms with van der Waals surface area (Å²) in [6.07, 6.45) is 0.878. The fourth-order valence-electron chi connectivity index (χ4n) is 2.71. The summed E-state index contributed by atoms with van der Waals surface area (Å²) in [4.78, 5) is 11.1. The molecule has 0 saturated carbocycles. The van der Waals surface area contributed by atoms with E-state index in [1.807, 2.05) is 18.2 Å². The Labute approximate surface area is 127 Å². The highest BCUT2D eigenvalue weighted by Gasteiger charge is 2.35. The zero-order chi connectivity index (χ0) is 15.2. The SMILES string of the molecule is CC(Sc1nnc2n1C(C)(C)Cc1ccccc1-2)C(=O)O. The van der Waals surface area contributed by atoms with Gasteiger partial charge in [0.1, 0.15) is 5.25 Å². The lowest BCUT2D eigenvalue weighted by molar-refractivity contribution is -0.136. The van der Waals surface area contributed by atoms with Crippen molar-refractivity contribution in [3.63, 3.8) is 0 Å². The number of aromatic nitrogens is 3. The molecule has 1 aliphatic heterocycles.